The van der Waals surface area contributed by atoms with E-state index in [1.54, 1.807) is 6.07 Å². The van der Waals surface area contributed by atoms with Gasteiger partial charge in [0.1, 0.15) is 5.75 Å². The Hall–Kier alpha value is -2.02. The molecule has 0 aliphatic heterocycles. The van der Waals surface area contributed by atoms with E-state index in [2.05, 4.69) is 11.4 Å². The van der Waals surface area contributed by atoms with Gasteiger partial charge in [0.15, 0.2) is 0 Å². The van der Waals surface area contributed by atoms with Crippen LogP contribution < -0.4 is 10.1 Å². The molecule has 1 amide bonds. The molecule has 1 aromatic rings. The molecule has 1 aromatic carbocycles. The first-order valence-corrected chi connectivity index (χ1v) is 6.68. The lowest BCUT2D eigenvalue weighted by molar-refractivity contribution is 0.0932. The minimum absolute atomic E-state index is 0.105. The van der Waals surface area contributed by atoms with Gasteiger partial charge in [-0.15, -0.1) is 0 Å². The van der Waals surface area contributed by atoms with Crippen LogP contribution in [0.4, 0.5) is 0 Å². The zero-order chi connectivity index (χ0) is 13.7. The molecule has 0 radical (unpaired) electrons. The van der Waals surface area contributed by atoms with Crippen molar-refractivity contribution >= 4 is 5.91 Å². The lowest BCUT2D eigenvalue weighted by atomic mass is 10.1. The van der Waals surface area contributed by atoms with Gasteiger partial charge in [-0.3, -0.25) is 4.79 Å². The highest BCUT2D eigenvalue weighted by molar-refractivity contribution is 5.97. The Bertz CT molecular complexity index is 489. The van der Waals surface area contributed by atoms with Gasteiger partial charge in [-0.25, -0.2) is 0 Å². The van der Waals surface area contributed by atoms with Gasteiger partial charge in [-0.1, -0.05) is 19.1 Å². The number of rotatable bonds is 6. The highest BCUT2D eigenvalue weighted by Gasteiger charge is 2.25. The molecule has 0 aromatic heterocycles. The van der Waals surface area contributed by atoms with Crippen LogP contribution in [0.5, 0.6) is 5.75 Å². The zero-order valence-electron chi connectivity index (χ0n) is 11.1. The number of nitrogens with one attached hydrogen (secondary N) is 1. The lowest BCUT2D eigenvalue weighted by Crippen LogP contribution is -2.34. The summed E-state index contributed by atoms with van der Waals surface area (Å²) in [7, 11) is 0. The molecule has 0 unspecified atom stereocenters. The number of ether oxygens (including phenoxy) is 1. The molecule has 4 nitrogen and oxygen atoms in total. The van der Waals surface area contributed by atoms with Crippen LogP contribution in [0.15, 0.2) is 24.3 Å². The highest BCUT2D eigenvalue weighted by atomic mass is 16.5. The molecule has 19 heavy (non-hydrogen) atoms. The first-order valence-electron chi connectivity index (χ1n) is 6.68. The fraction of sp³-hybridized carbons (Fsp3) is 0.467. The third-order valence-electron chi connectivity index (χ3n) is 3.12. The summed E-state index contributed by atoms with van der Waals surface area (Å²) in [6.45, 7) is 1.95. The van der Waals surface area contributed by atoms with Crippen molar-refractivity contribution in [2.75, 3.05) is 0 Å². The van der Waals surface area contributed by atoms with Crippen LogP contribution in [0.3, 0.4) is 0 Å². The van der Waals surface area contributed by atoms with Crippen molar-refractivity contribution in [3.63, 3.8) is 0 Å². The summed E-state index contributed by atoms with van der Waals surface area (Å²) in [5.74, 6) is 0.465. The van der Waals surface area contributed by atoms with E-state index in [9.17, 15) is 4.79 Å². The van der Waals surface area contributed by atoms with E-state index in [0.29, 0.717) is 17.7 Å². The lowest BCUT2D eigenvalue weighted by Gasteiger charge is -2.15. The van der Waals surface area contributed by atoms with Crippen molar-refractivity contribution < 1.29 is 9.53 Å². The molecule has 0 saturated heterocycles. The van der Waals surface area contributed by atoms with Crippen molar-refractivity contribution in [2.45, 2.75) is 44.8 Å². The van der Waals surface area contributed by atoms with E-state index in [1.807, 2.05) is 25.1 Å². The molecule has 0 heterocycles. The van der Waals surface area contributed by atoms with Gasteiger partial charge >= 0.3 is 0 Å². The molecule has 0 bridgehead atoms. The molecular formula is C15H18N2O2. The summed E-state index contributed by atoms with van der Waals surface area (Å²) in [6.07, 6.45) is 3.44. The average Bonchev–Trinajstić information content (AvgIpc) is 3.22. The number of hydrogen-bond donors (Lipinski definition) is 1. The van der Waals surface area contributed by atoms with Gasteiger partial charge in [0.25, 0.3) is 5.91 Å². The fourth-order valence-electron chi connectivity index (χ4n) is 1.79. The number of nitriles is 1. The predicted octanol–water partition coefficient (Wildman–Crippen LogP) is 2.65. The molecule has 1 aliphatic carbocycles. The number of para-hydroxylation sites is 1. The van der Waals surface area contributed by atoms with E-state index in [4.69, 9.17) is 10.00 Å². The maximum Gasteiger partial charge on any atom is 0.255 e. The molecule has 1 N–H and O–H groups in total. The van der Waals surface area contributed by atoms with Crippen molar-refractivity contribution in [3.05, 3.63) is 29.8 Å². The maximum absolute atomic E-state index is 12.2. The smallest absolute Gasteiger partial charge is 0.255 e. The van der Waals surface area contributed by atoms with Crippen molar-refractivity contribution in [1.82, 2.24) is 5.32 Å². The normalized spacial score (nSPS) is 15.4. The number of carbonyl (C=O) groups is 1. The minimum atomic E-state index is -0.168. The molecule has 1 atom stereocenters. The summed E-state index contributed by atoms with van der Waals surface area (Å²) in [5, 5.41) is 11.6. The van der Waals surface area contributed by atoms with Crippen LogP contribution in [0.1, 0.15) is 43.0 Å². The van der Waals surface area contributed by atoms with E-state index in [1.165, 1.54) is 0 Å². The third kappa shape index (κ3) is 3.72. The van der Waals surface area contributed by atoms with Crippen LogP contribution >= 0.6 is 0 Å². The van der Waals surface area contributed by atoms with Crippen LogP contribution in [-0.4, -0.2) is 18.1 Å². The third-order valence-corrected chi connectivity index (χ3v) is 3.12. The largest absolute Gasteiger partial charge is 0.490 e. The quantitative estimate of drug-likeness (QED) is 0.853. The van der Waals surface area contributed by atoms with Gasteiger partial charge in [0.05, 0.1) is 24.2 Å². The Morgan fingerprint density at radius 2 is 2.26 bits per heavy atom. The minimum Gasteiger partial charge on any atom is -0.490 e. The highest BCUT2D eigenvalue weighted by Crippen LogP contribution is 2.29. The Kier molecular flexibility index (Phi) is 4.40. The Balaban J connectivity index is 2.07. The summed E-state index contributed by atoms with van der Waals surface area (Å²) in [4.78, 5) is 12.2. The monoisotopic (exact) mass is 258 g/mol. The van der Waals surface area contributed by atoms with Gasteiger partial charge in [-0.05, 0) is 31.4 Å². The fourth-order valence-corrected chi connectivity index (χ4v) is 1.79. The van der Waals surface area contributed by atoms with Gasteiger partial charge < -0.3 is 10.1 Å². The van der Waals surface area contributed by atoms with E-state index < -0.39 is 0 Å². The van der Waals surface area contributed by atoms with Crippen LogP contribution in [-0.2, 0) is 0 Å². The summed E-state index contributed by atoms with van der Waals surface area (Å²) in [6, 6.07) is 9.24. The first kappa shape index (κ1) is 13.4. The number of carbonyl (C=O) groups excluding carboxylic acids is 1. The first-order chi connectivity index (χ1) is 9.24. The standard InChI is InChI=1S/C15H18N2O2/c1-2-11(9-10-16)17-15(18)13-5-3-4-6-14(13)19-12-7-8-12/h3-6,11-12H,2,7-9H2,1H3,(H,17,18)/t11-/m0/s1. The molecule has 4 heteroatoms. The molecule has 100 valence electrons. The summed E-state index contributed by atoms with van der Waals surface area (Å²) >= 11 is 0. The summed E-state index contributed by atoms with van der Waals surface area (Å²) < 4.78 is 5.73. The second-order valence-corrected chi connectivity index (χ2v) is 4.75. The van der Waals surface area contributed by atoms with Crippen LogP contribution in [0, 0.1) is 11.3 Å². The van der Waals surface area contributed by atoms with Crippen LogP contribution in [0.2, 0.25) is 0 Å². The predicted molar refractivity (Wildman–Crippen MR) is 71.9 cm³/mol. The molecule has 0 spiro atoms. The second-order valence-electron chi connectivity index (χ2n) is 4.75. The molecule has 2 rings (SSSR count). The number of nitrogens with zero attached hydrogens (tertiary/aromatic N) is 1. The van der Waals surface area contributed by atoms with Gasteiger partial charge in [0.2, 0.25) is 0 Å². The summed E-state index contributed by atoms with van der Waals surface area (Å²) in [5.41, 5.74) is 0.547. The number of amides is 1. The SMILES string of the molecule is CC[C@@H](CC#N)NC(=O)c1ccccc1OC1CC1. The van der Waals surface area contributed by atoms with E-state index in [0.717, 1.165) is 19.3 Å². The van der Waals surface area contributed by atoms with E-state index in [-0.39, 0.29) is 18.1 Å². The number of hydrogen-bond acceptors (Lipinski definition) is 3. The van der Waals surface area contributed by atoms with Crippen molar-refractivity contribution in [2.24, 2.45) is 0 Å². The molecule has 1 aliphatic rings. The second kappa shape index (κ2) is 6.24. The van der Waals surface area contributed by atoms with Gasteiger partial charge in [-0.2, -0.15) is 5.26 Å². The Morgan fingerprint density at radius 1 is 1.53 bits per heavy atom. The van der Waals surface area contributed by atoms with Crippen LogP contribution in [0.25, 0.3) is 0 Å². The topological polar surface area (TPSA) is 62.1 Å². The van der Waals surface area contributed by atoms with E-state index >= 15 is 0 Å². The molecule has 1 saturated carbocycles. The Morgan fingerprint density at radius 3 is 2.89 bits per heavy atom. The van der Waals surface area contributed by atoms with Crippen molar-refractivity contribution in [1.29, 1.82) is 5.26 Å². The molecular weight excluding hydrogens is 240 g/mol. The maximum atomic E-state index is 12.2. The molecule has 1 fully saturated rings. The average molecular weight is 258 g/mol. The van der Waals surface area contributed by atoms with Crippen molar-refractivity contribution in [3.8, 4) is 11.8 Å². The van der Waals surface area contributed by atoms with Gasteiger partial charge in [0, 0.05) is 6.04 Å². The zero-order valence-corrected chi connectivity index (χ0v) is 11.1. The number of benzene rings is 1. The Labute approximate surface area is 113 Å².